The first kappa shape index (κ1) is 26.9. The third-order valence-corrected chi connectivity index (χ3v) is 8.04. The van der Waals surface area contributed by atoms with Crippen LogP contribution in [-0.4, -0.2) is 30.3 Å². The minimum Gasteiger partial charge on any atom is -0.342 e. The number of carbonyl (C=O) groups is 3. The molecule has 202 valence electrons. The Morgan fingerprint density at radius 1 is 1.05 bits per heavy atom. The van der Waals surface area contributed by atoms with Gasteiger partial charge in [0, 0.05) is 12.8 Å². The molecule has 0 spiro atoms. The van der Waals surface area contributed by atoms with Gasteiger partial charge < -0.3 is 15.1 Å². The molecule has 1 saturated carbocycles. The monoisotopic (exact) mass is 533 g/mol. The predicted molar refractivity (Wildman–Crippen MR) is 152 cm³/mol. The summed E-state index contributed by atoms with van der Waals surface area (Å²) < 4.78 is 0. The molecule has 0 unspecified atom stereocenters. The second-order valence-corrected chi connectivity index (χ2v) is 10.7. The molecular weight excluding hydrogens is 502 g/mol. The molecule has 1 N–H and O–H groups in total. The fourth-order valence-corrected chi connectivity index (χ4v) is 5.42. The van der Waals surface area contributed by atoms with E-state index in [9.17, 15) is 24.9 Å². The third kappa shape index (κ3) is 4.89. The molecule has 8 heteroatoms. The maximum absolute atomic E-state index is 14.3. The first-order valence-corrected chi connectivity index (χ1v) is 13.7. The van der Waals surface area contributed by atoms with Crippen LogP contribution in [0.4, 0.5) is 11.4 Å². The van der Waals surface area contributed by atoms with Gasteiger partial charge in [-0.3, -0.25) is 14.4 Å². The summed E-state index contributed by atoms with van der Waals surface area (Å²) in [6.07, 6.45) is 2.72. The van der Waals surface area contributed by atoms with Crippen molar-refractivity contribution in [1.29, 1.82) is 10.5 Å². The van der Waals surface area contributed by atoms with E-state index in [0.29, 0.717) is 34.8 Å². The van der Waals surface area contributed by atoms with Gasteiger partial charge in [0.1, 0.15) is 6.04 Å². The van der Waals surface area contributed by atoms with Crippen LogP contribution in [0, 0.1) is 28.6 Å². The van der Waals surface area contributed by atoms with Crippen molar-refractivity contribution in [2.75, 3.05) is 16.3 Å². The molecule has 1 aliphatic heterocycles. The van der Waals surface area contributed by atoms with E-state index in [-0.39, 0.29) is 36.7 Å². The molecule has 3 amide bonds. The van der Waals surface area contributed by atoms with E-state index >= 15 is 0 Å². The van der Waals surface area contributed by atoms with E-state index in [1.165, 1.54) is 11.8 Å². The number of amides is 3. The molecule has 5 rings (SSSR count). The lowest BCUT2D eigenvalue weighted by Crippen LogP contribution is -2.53. The normalized spacial score (nSPS) is 17.4. The Bertz CT molecular complexity index is 1610. The number of fused-ring (bicyclic) bond motifs is 2. The first-order chi connectivity index (χ1) is 19.3. The molecule has 1 aliphatic carbocycles. The summed E-state index contributed by atoms with van der Waals surface area (Å²) in [5, 5.41) is 24.0. The van der Waals surface area contributed by atoms with Crippen molar-refractivity contribution >= 4 is 39.9 Å². The van der Waals surface area contributed by atoms with Crippen LogP contribution in [0.1, 0.15) is 68.2 Å². The molecule has 3 aromatic carbocycles. The van der Waals surface area contributed by atoms with E-state index in [1.807, 2.05) is 25.1 Å². The zero-order valence-electron chi connectivity index (χ0n) is 22.9. The van der Waals surface area contributed by atoms with Gasteiger partial charge in [0.05, 0.1) is 47.7 Å². The zero-order chi connectivity index (χ0) is 28.6. The lowest BCUT2D eigenvalue weighted by molar-refractivity contribution is -0.129. The number of benzene rings is 3. The lowest BCUT2D eigenvalue weighted by Gasteiger charge is -2.28. The number of nitrogens with zero attached hydrogens (tertiary/aromatic N) is 4. The molecule has 3 aromatic rings. The number of anilines is 2. The van der Waals surface area contributed by atoms with Crippen molar-refractivity contribution in [2.45, 2.75) is 58.5 Å². The Kier molecular flexibility index (Phi) is 7.28. The van der Waals surface area contributed by atoms with Crippen LogP contribution >= 0.6 is 0 Å². The van der Waals surface area contributed by atoms with Gasteiger partial charge in [-0.25, -0.2) is 0 Å². The molecule has 8 nitrogen and oxygen atoms in total. The Morgan fingerprint density at radius 3 is 2.48 bits per heavy atom. The maximum atomic E-state index is 14.3. The topological polar surface area (TPSA) is 117 Å². The fourth-order valence-electron chi connectivity index (χ4n) is 5.42. The van der Waals surface area contributed by atoms with E-state index in [2.05, 4.69) is 23.5 Å². The maximum Gasteiger partial charge on any atom is 0.251 e. The summed E-state index contributed by atoms with van der Waals surface area (Å²) in [5.41, 5.74) is 3.95. The highest BCUT2D eigenvalue weighted by Gasteiger charge is 2.38. The molecule has 2 atom stereocenters. The summed E-state index contributed by atoms with van der Waals surface area (Å²) in [4.78, 5) is 43.2. The number of rotatable bonds is 6. The van der Waals surface area contributed by atoms with Crippen LogP contribution in [-0.2, 0) is 20.9 Å². The summed E-state index contributed by atoms with van der Waals surface area (Å²) in [5.74, 6) is -0.803. The smallest absolute Gasteiger partial charge is 0.251 e. The van der Waals surface area contributed by atoms with Gasteiger partial charge in [-0.2, -0.15) is 10.5 Å². The summed E-state index contributed by atoms with van der Waals surface area (Å²) >= 11 is 0. The molecule has 0 aromatic heterocycles. The van der Waals surface area contributed by atoms with Crippen LogP contribution in [0.2, 0.25) is 0 Å². The minimum absolute atomic E-state index is 0.0433. The highest BCUT2D eigenvalue weighted by atomic mass is 16.2. The van der Waals surface area contributed by atoms with Gasteiger partial charge in [0.15, 0.2) is 0 Å². The van der Waals surface area contributed by atoms with Crippen LogP contribution < -0.4 is 15.1 Å². The van der Waals surface area contributed by atoms with E-state index < -0.39 is 6.04 Å². The van der Waals surface area contributed by atoms with Crippen molar-refractivity contribution in [3.05, 3.63) is 70.8 Å². The van der Waals surface area contributed by atoms with Crippen molar-refractivity contribution in [3.63, 3.8) is 0 Å². The second kappa shape index (κ2) is 10.8. The van der Waals surface area contributed by atoms with Crippen LogP contribution in [0.25, 0.3) is 10.8 Å². The van der Waals surface area contributed by atoms with Gasteiger partial charge >= 0.3 is 0 Å². The van der Waals surface area contributed by atoms with Crippen molar-refractivity contribution in [3.8, 4) is 12.1 Å². The molecule has 0 bridgehead atoms. The van der Waals surface area contributed by atoms with Gasteiger partial charge in [0.25, 0.3) is 5.91 Å². The average molecular weight is 534 g/mol. The molecule has 40 heavy (non-hydrogen) atoms. The standard InChI is InChI=1S/C32H31N5O3/c1-4-19(2)31(39)35-28-18-36(20(3)38)30-14-21(15-33)8-13-29(30)37(32(28)40)17-27-24(22-9-10-22)11-12-25-23(16-34)6-5-7-26(25)27/h5-8,11-14,19,22,28H,4,9-10,17-18H2,1-3H3,(H,35,39)/t19-,28+/m1/s1. The van der Waals surface area contributed by atoms with Gasteiger partial charge in [-0.1, -0.05) is 38.1 Å². The molecule has 0 radical (unpaired) electrons. The lowest BCUT2D eigenvalue weighted by atomic mass is 9.93. The van der Waals surface area contributed by atoms with Gasteiger partial charge in [-0.05, 0) is 71.3 Å². The first-order valence-electron chi connectivity index (χ1n) is 13.7. The highest BCUT2D eigenvalue weighted by Crippen LogP contribution is 2.45. The third-order valence-electron chi connectivity index (χ3n) is 8.04. The van der Waals surface area contributed by atoms with E-state index in [0.717, 1.165) is 34.7 Å². The summed E-state index contributed by atoms with van der Waals surface area (Å²) in [6, 6.07) is 18.0. The number of nitriles is 2. The molecule has 0 saturated heterocycles. The zero-order valence-corrected chi connectivity index (χ0v) is 22.9. The van der Waals surface area contributed by atoms with Crippen molar-refractivity contribution in [2.24, 2.45) is 5.92 Å². The number of hydrogen-bond donors (Lipinski definition) is 1. The SMILES string of the molecule is CC[C@@H](C)C(=O)N[C@H]1CN(C(C)=O)c2cc(C#N)ccc2N(Cc2c(C3CC3)ccc3c(C#N)cccc23)C1=O. The largest absolute Gasteiger partial charge is 0.342 e. The van der Waals surface area contributed by atoms with Gasteiger partial charge in [0.2, 0.25) is 11.8 Å². The minimum atomic E-state index is -0.975. The average Bonchev–Trinajstić information content (AvgIpc) is 3.82. The fraction of sp³-hybridized carbons (Fsp3) is 0.344. The van der Waals surface area contributed by atoms with Gasteiger partial charge in [-0.15, -0.1) is 0 Å². The number of carbonyl (C=O) groups excluding carboxylic acids is 3. The molecule has 1 heterocycles. The van der Waals surface area contributed by atoms with Crippen LogP contribution in [0.5, 0.6) is 0 Å². The number of nitrogens with one attached hydrogen (secondary N) is 1. The van der Waals surface area contributed by atoms with Crippen molar-refractivity contribution in [1.82, 2.24) is 5.32 Å². The summed E-state index contributed by atoms with van der Waals surface area (Å²) in [6.45, 7) is 5.27. The van der Waals surface area contributed by atoms with Crippen LogP contribution in [0.3, 0.4) is 0 Å². The van der Waals surface area contributed by atoms with E-state index in [4.69, 9.17) is 0 Å². The Balaban J connectivity index is 1.69. The van der Waals surface area contributed by atoms with E-state index in [1.54, 1.807) is 36.1 Å². The molecular formula is C32H31N5O3. The Hall–Kier alpha value is -4.69. The second-order valence-electron chi connectivity index (χ2n) is 10.7. The summed E-state index contributed by atoms with van der Waals surface area (Å²) in [7, 11) is 0. The molecule has 2 aliphatic rings. The predicted octanol–water partition coefficient (Wildman–Crippen LogP) is 4.89. The Morgan fingerprint density at radius 2 is 1.82 bits per heavy atom. The highest BCUT2D eigenvalue weighted by molar-refractivity contribution is 6.08. The van der Waals surface area contributed by atoms with Crippen molar-refractivity contribution < 1.29 is 14.4 Å². The molecule has 1 fully saturated rings. The van der Waals surface area contributed by atoms with Crippen LogP contribution in [0.15, 0.2) is 48.5 Å². The quantitative estimate of drug-likeness (QED) is 0.484. The number of hydrogen-bond acceptors (Lipinski definition) is 5. The Labute approximate surface area is 233 Å².